The highest BCUT2D eigenvalue weighted by Gasteiger charge is 2.34. The molecule has 19 nitrogen and oxygen atoms in total. The molecule has 1 fully saturated rings. The van der Waals surface area contributed by atoms with Gasteiger partial charge in [-0.3, -0.25) is 38.4 Å². The Kier molecular flexibility index (Phi) is 19.8. The SMILES string of the molecule is C[C@@H]1NC(=O)[C@@H](Cc2ccc3ccccc3c2)NC(=O)[C@H](N)CCCCNC(=O)CC[C@@H](C(=O)N[C@@H](CCCCN)C(N)=O)NC(=O)[C@@H](Cc2ccccc2)NC(=O)[C@H](Cc2c[nH]c3ccccc23)NC1=O. The van der Waals surface area contributed by atoms with Crippen molar-refractivity contribution < 1.29 is 38.4 Å². The fourth-order valence-corrected chi connectivity index (χ4v) is 8.63. The molecule has 0 bridgehead atoms. The minimum atomic E-state index is -1.37. The highest BCUT2D eigenvalue weighted by atomic mass is 16.2. The Hall–Kier alpha value is -7.64. The summed E-state index contributed by atoms with van der Waals surface area (Å²) < 4.78 is 0. The Labute approximate surface area is 418 Å². The minimum absolute atomic E-state index is 0.0512. The number of hydrogen-bond acceptors (Lipinski definition) is 10. The summed E-state index contributed by atoms with van der Waals surface area (Å²) in [5, 5.41) is 22.0. The Balaban J connectivity index is 1.32. The van der Waals surface area contributed by atoms with Gasteiger partial charge in [-0.15, -0.1) is 0 Å². The van der Waals surface area contributed by atoms with Crippen molar-refractivity contribution in [2.45, 2.75) is 120 Å². The van der Waals surface area contributed by atoms with Crippen molar-refractivity contribution in [3.63, 3.8) is 0 Å². The van der Waals surface area contributed by atoms with Crippen LogP contribution in [-0.2, 0) is 57.6 Å². The van der Waals surface area contributed by atoms with E-state index in [1.54, 1.807) is 36.5 Å². The Morgan fingerprint density at radius 2 is 1.31 bits per heavy atom. The largest absolute Gasteiger partial charge is 0.368 e. The third kappa shape index (κ3) is 15.7. The Bertz CT molecular complexity index is 2690. The highest BCUT2D eigenvalue weighted by molar-refractivity contribution is 5.98. The van der Waals surface area contributed by atoms with Crippen LogP contribution in [0.25, 0.3) is 21.7 Å². The van der Waals surface area contributed by atoms with Crippen LogP contribution >= 0.6 is 0 Å². The number of H-pyrrole nitrogens is 1. The van der Waals surface area contributed by atoms with Gasteiger partial charge in [0.25, 0.3) is 0 Å². The molecule has 1 saturated heterocycles. The first kappa shape index (κ1) is 53.7. The first-order valence-corrected chi connectivity index (χ1v) is 24.6. The van der Waals surface area contributed by atoms with Crippen LogP contribution in [0.3, 0.4) is 0 Å². The summed E-state index contributed by atoms with van der Waals surface area (Å²) >= 11 is 0. The van der Waals surface area contributed by atoms with Gasteiger partial charge < -0.3 is 59.4 Å². The Morgan fingerprint density at radius 3 is 2.06 bits per heavy atom. The smallest absolute Gasteiger partial charge is 0.243 e. The topological polar surface area (TPSA) is 315 Å². The van der Waals surface area contributed by atoms with Gasteiger partial charge in [0.1, 0.15) is 36.3 Å². The molecule has 1 aromatic heterocycles. The van der Waals surface area contributed by atoms with Crippen LogP contribution in [0, 0.1) is 0 Å². The van der Waals surface area contributed by atoms with E-state index < -0.39 is 89.6 Å². The number of aromatic amines is 1. The fourth-order valence-electron chi connectivity index (χ4n) is 8.63. The van der Waals surface area contributed by atoms with E-state index in [1.807, 2.05) is 66.7 Å². The zero-order valence-corrected chi connectivity index (χ0v) is 40.5. The number of hydrogen-bond donors (Lipinski definition) is 11. The van der Waals surface area contributed by atoms with Gasteiger partial charge in [-0.05, 0) is 91.9 Å². The number of unbranched alkanes of at least 4 members (excludes halogenated alkanes) is 1. The highest BCUT2D eigenvalue weighted by Crippen LogP contribution is 2.21. The number of rotatable bonds is 13. The molecule has 0 aliphatic carbocycles. The third-order valence-corrected chi connectivity index (χ3v) is 12.8. The van der Waals surface area contributed by atoms with Crippen LogP contribution in [0.15, 0.2) is 103 Å². The molecule has 7 atom stereocenters. The summed E-state index contributed by atoms with van der Waals surface area (Å²) in [6.07, 6.45) is 3.59. The summed E-state index contributed by atoms with van der Waals surface area (Å²) in [4.78, 5) is 114. The molecule has 382 valence electrons. The predicted octanol–water partition coefficient (Wildman–Crippen LogP) is 1.30. The van der Waals surface area contributed by atoms with Crippen LogP contribution in [0.4, 0.5) is 0 Å². The number of fused-ring (bicyclic) bond motifs is 2. The van der Waals surface area contributed by atoms with Crippen LogP contribution < -0.4 is 54.4 Å². The number of nitrogens with one attached hydrogen (secondary N) is 8. The maximum atomic E-state index is 14.7. The first-order valence-electron chi connectivity index (χ1n) is 24.6. The fraction of sp³-hybridized carbons (Fsp3) is 0.396. The van der Waals surface area contributed by atoms with Crippen LogP contribution in [0.1, 0.15) is 75.0 Å². The molecule has 72 heavy (non-hydrogen) atoms. The van der Waals surface area contributed by atoms with Crippen LogP contribution in [0.2, 0.25) is 0 Å². The van der Waals surface area contributed by atoms with Crippen molar-refractivity contribution in [1.82, 2.24) is 42.2 Å². The molecular weight excluding hydrogens is 919 g/mol. The van der Waals surface area contributed by atoms with Gasteiger partial charge >= 0.3 is 0 Å². The molecule has 5 aromatic rings. The molecule has 14 N–H and O–H groups in total. The van der Waals surface area contributed by atoms with E-state index in [0.717, 1.165) is 27.2 Å². The Morgan fingerprint density at radius 1 is 0.667 bits per heavy atom. The first-order chi connectivity index (χ1) is 34.7. The second-order valence-electron chi connectivity index (χ2n) is 18.4. The van der Waals surface area contributed by atoms with Crippen molar-refractivity contribution in [3.05, 3.63) is 120 Å². The van der Waals surface area contributed by atoms with Crippen molar-refractivity contribution in [2.75, 3.05) is 13.1 Å². The predicted molar refractivity (Wildman–Crippen MR) is 273 cm³/mol. The number of benzene rings is 4. The number of nitrogens with two attached hydrogens (primary N) is 3. The number of primary amides is 1. The van der Waals surface area contributed by atoms with Gasteiger partial charge in [-0.2, -0.15) is 0 Å². The summed E-state index contributed by atoms with van der Waals surface area (Å²) in [5.74, 6) is -5.54. The van der Waals surface area contributed by atoms with Gasteiger partial charge in [-0.25, -0.2) is 0 Å². The lowest BCUT2D eigenvalue weighted by molar-refractivity contribution is -0.135. The van der Waals surface area contributed by atoms with E-state index in [0.29, 0.717) is 43.4 Å². The van der Waals surface area contributed by atoms with E-state index in [-0.39, 0.29) is 51.5 Å². The average molecular weight is 986 g/mol. The second-order valence-corrected chi connectivity index (χ2v) is 18.4. The average Bonchev–Trinajstić information content (AvgIpc) is 3.78. The number of carbonyl (C=O) groups is 8. The minimum Gasteiger partial charge on any atom is -0.368 e. The van der Waals surface area contributed by atoms with Gasteiger partial charge in [0, 0.05) is 49.3 Å². The molecule has 6 rings (SSSR count). The van der Waals surface area contributed by atoms with Gasteiger partial charge in [0.05, 0.1) is 6.04 Å². The second kappa shape index (κ2) is 26.5. The molecule has 0 unspecified atom stereocenters. The lowest BCUT2D eigenvalue weighted by Gasteiger charge is -2.27. The van der Waals surface area contributed by atoms with Gasteiger partial charge in [0.2, 0.25) is 47.3 Å². The molecule has 0 radical (unpaired) electrons. The maximum absolute atomic E-state index is 14.7. The summed E-state index contributed by atoms with van der Waals surface area (Å²) in [6, 6.07) is 21.1. The van der Waals surface area contributed by atoms with E-state index in [2.05, 4.69) is 42.2 Å². The van der Waals surface area contributed by atoms with Gasteiger partial charge in [-0.1, -0.05) is 91.0 Å². The van der Waals surface area contributed by atoms with E-state index in [1.165, 1.54) is 6.92 Å². The van der Waals surface area contributed by atoms with Crippen molar-refractivity contribution in [1.29, 1.82) is 0 Å². The molecule has 0 saturated carbocycles. The molecule has 8 amide bonds. The molecule has 0 spiro atoms. The molecule has 2 heterocycles. The molecule has 19 heteroatoms. The molecule has 1 aliphatic rings. The maximum Gasteiger partial charge on any atom is 0.243 e. The number of aromatic nitrogens is 1. The summed E-state index contributed by atoms with van der Waals surface area (Å²) in [7, 11) is 0. The summed E-state index contributed by atoms with van der Waals surface area (Å²) in [5.41, 5.74) is 20.5. The summed E-state index contributed by atoms with van der Waals surface area (Å²) in [6.45, 7) is 2.02. The van der Waals surface area contributed by atoms with E-state index >= 15 is 0 Å². The number of carbonyl (C=O) groups excluding carboxylic acids is 8. The zero-order chi connectivity index (χ0) is 51.6. The number of para-hydroxylation sites is 1. The van der Waals surface area contributed by atoms with Crippen LogP contribution in [-0.4, -0.2) is 108 Å². The molecule has 1 aliphatic heterocycles. The standard InChI is InChI=1S/C53H67N11O8/c1-32-48(67)62-45(30-37-31-58-40-19-8-7-17-38(37)40)53(72)64-43(28-33-13-3-2-4-14-33)52(71)61-42(50(69)60-41(47(56)66)20-9-11-25-54)23-24-46(65)57-26-12-10-18-39(55)49(68)63-44(51(70)59-32)29-34-21-22-35-15-5-6-16-36(35)27-34/h2-8,13-17,19,21-22,27,31-32,39,41-45,58H,9-12,18,20,23-26,28-30,54-55H2,1H3,(H2,56,66)(H,57,65)(H,59,70)(H,60,69)(H,61,71)(H,62,67)(H,63,68)(H,64,72)/t32-,39+,41-,42-,43+,44+,45-/m0/s1. The number of amides is 8. The monoisotopic (exact) mass is 986 g/mol. The van der Waals surface area contributed by atoms with E-state index in [4.69, 9.17) is 17.2 Å². The van der Waals surface area contributed by atoms with Crippen molar-refractivity contribution >= 4 is 68.9 Å². The molecule has 4 aromatic carbocycles. The third-order valence-electron chi connectivity index (χ3n) is 12.8. The van der Waals surface area contributed by atoms with Gasteiger partial charge in [0.15, 0.2) is 0 Å². The van der Waals surface area contributed by atoms with E-state index in [9.17, 15) is 38.4 Å². The lowest BCUT2D eigenvalue weighted by Crippen LogP contribution is -2.60. The lowest BCUT2D eigenvalue weighted by atomic mass is 10.00. The normalized spacial score (nSPS) is 22.0. The van der Waals surface area contributed by atoms with Crippen molar-refractivity contribution in [2.24, 2.45) is 17.2 Å². The van der Waals surface area contributed by atoms with Crippen LogP contribution in [0.5, 0.6) is 0 Å². The zero-order valence-electron chi connectivity index (χ0n) is 40.5. The van der Waals surface area contributed by atoms with Crippen molar-refractivity contribution in [3.8, 4) is 0 Å². The quantitative estimate of drug-likeness (QED) is 0.0752. The molecular formula is C53H67N11O8.